The number of likely N-dealkylation sites (N-methyl/N-ethyl adjacent to an activating group) is 1. The minimum Gasteiger partial charge on any atom is -0.304 e. The molecular weight excluding hydrogens is 168 g/mol. The van der Waals surface area contributed by atoms with Crippen LogP contribution in [0.4, 0.5) is 0 Å². The quantitative estimate of drug-likeness (QED) is 0.608. The highest BCUT2D eigenvalue weighted by molar-refractivity contribution is 7.98. The Morgan fingerprint density at radius 1 is 1.17 bits per heavy atom. The Balaban J connectivity index is 2.01. The predicted octanol–water partition coefficient (Wildman–Crippen LogP) is 0.987. The van der Waals surface area contributed by atoms with Crippen molar-refractivity contribution in [1.82, 2.24) is 9.80 Å². The van der Waals surface area contributed by atoms with Gasteiger partial charge in [0.2, 0.25) is 0 Å². The molecule has 1 heterocycles. The van der Waals surface area contributed by atoms with E-state index >= 15 is 0 Å². The van der Waals surface area contributed by atoms with Gasteiger partial charge >= 0.3 is 0 Å². The summed E-state index contributed by atoms with van der Waals surface area (Å²) in [4.78, 5) is 4.99. The van der Waals surface area contributed by atoms with Crippen molar-refractivity contribution in [2.45, 2.75) is 6.42 Å². The molecule has 2 nitrogen and oxygen atoms in total. The van der Waals surface area contributed by atoms with Crippen LogP contribution in [0.25, 0.3) is 0 Å². The second-order valence-corrected chi connectivity index (χ2v) is 4.48. The van der Waals surface area contributed by atoms with E-state index in [0.29, 0.717) is 0 Å². The van der Waals surface area contributed by atoms with E-state index in [4.69, 9.17) is 0 Å². The molecule has 0 aliphatic carbocycles. The number of hydrogen-bond acceptors (Lipinski definition) is 3. The summed E-state index contributed by atoms with van der Waals surface area (Å²) < 4.78 is 0. The Labute approximate surface area is 80.3 Å². The molecule has 1 rings (SSSR count). The maximum Gasteiger partial charge on any atom is 0.0110 e. The number of piperazine rings is 1. The van der Waals surface area contributed by atoms with Gasteiger partial charge in [-0.25, -0.2) is 0 Å². The Morgan fingerprint density at radius 3 is 2.42 bits per heavy atom. The maximum atomic E-state index is 2.58. The zero-order valence-corrected chi connectivity index (χ0v) is 9.07. The van der Waals surface area contributed by atoms with Gasteiger partial charge in [-0.3, -0.25) is 0 Å². The topological polar surface area (TPSA) is 6.48 Å². The van der Waals surface area contributed by atoms with Crippen molar-refractivity contribution in [2.24, 2.45) is 0 Å². The lowest BCUT2D eigenvalue weighted by molar-refractivity contribution is 0.154. The molecule has 0 spiro atoms. The molecule has 1 aliphatic rings. The van der Waals surface area contributed by atoms with Gasteiger partial charge in [-0.2, -0.15) is 11.8 Å². The largest absolute Gasteiger partial charge is 0.304 e. The van der Waals surface area contributed by atoms with E-state index in [-0.39, 0.29) is 0 Å². The van der Waals surface area contributed by atoms with Crippen LogP contribution < -0.4 is 0 Å². The van der Waals surface area contributed by atoms with E-state index in [1.54, 1.807) is 0 Å². The molecule has 0 radical (unpaired) electrons. The summed E-state index contributed by atoms with van der Waals surface area (Å²) >= 11 is 1.95. The van der Waals surface area contributed by atoms with E-state index in [1.807, 2.05) is 11.8 Å². The fourth-order valence-corrected chi connectivity index (χ4v) is 1.92. The van der Waals surface area contributed by atoms with Crippen molar-refractivity contribution in [3.63, 3.8) is 0 Å². The van der Waals surface area contributed by atoms with Gasteiger partial charge in [0.1, 0.15) is 0 Å². The van der Waals surface area contributed by atoms with Gasteiger partial charge in [0.05, 0.1) is 0 Å². The van der Waals surface area contributed by atoms with Crippen molar-refractivity contribution in [2.75, 3.05) is 51.8 Å². The summed E-state index contributed by atoms with van der Waals surface area (Å²) in [6.07, 6.45) is 3.54. The lowest BCUT2D eigenvalue weighted by Gasteiger charge is -2.32. The molecule has 0 aromatic heterocycles. The first-order valence-electron chi connectivity index (χ1n) is 4.73. The third-order valence-electron chi connectivity index (χ3n) is 2.42. The van der Waals surface area contributed by atoms with Crippen LogP contribution in [-0.2, 0) is 0 Å². The van der Waals surface area contributed by atoms with Gasteiger partial charge in [-0.15, -0.1) is 0 Å². The third-order valence-corrected chi connectivity index (χ3v) is 3.12. The minimum absolute atomic E-state index is 1.25. The van der Waals surface area contributed by atoms with Crippen LogP contribution in [0.5, 0.6) is 0 Å². The molecule has 72 valence electrons. The van der Waals surface area contributed by atoms with Crippen LogP contribution in [0.15, 0.2) is 0 Å². The van der Waals surface area contributed by atoms with Gasteiger partial charge in [0.25, 0.3) is 0 Å². The van der Waals surface area contributed by atoms with Crippen LogP contribution in [-0.4, -0.2) is 61.6 Å². The van der Waals surface area contributed by atoms with Gasteiger partial charge in [-0.1, -0.05) is 0 Å². The molecule has 1 fully saturated rings. The van der Waals surface area contributed by atoms with Gasteiger partial charge in [-0.05, 0) is 32.0 Å². The van der Waals surface area contributed by atoms with E-state index in [9.17, 15) is 0 Å². The molecule has 1 aliphatic heterocycles. The van der Waals surface area contributed by atoms with Crippen LogP contribution in [0.1, 0.15) is 6.42 Å². The van der Waals surface area contributed by atoms with Gasteiger partial charge in [0.15, 0.2) is 0 Å². The summed E-state index contributed by atoms with van der Waals surface area (Å²) in [7, 11) is 2.21. The summed E-state index contributed by atoms with van der Waals surface area (Å²) in [6, 6.07) is 0. The third kappa shape index (κ3) is 3.78. The second-order valence-electron chi connectivity index (χ2n) is 3.49. The number of nitrogens with zero attached hydrogens (tertiary/aromatic N) is 2. The highest BCUT2D eigenvalue weighted by Crippen LogP contribution is 2.02. The highest BCUT2D eigenvalue weighted by Gasteiger charge is 2.12. The zero-order chi connectivity index (χ0) is 8.81. The molecular formula is C9H20N2S. The molecule has 1 saturated heterocycles. The molecule has 0 saturated carbocycles. The molecule has 0 unspecified atom stereocenters. The van der Waals surface area contributed by atoms with Crippen molar-refractivity contribution in [3.05, 3.63) is 0 Å². The lowest BCUT2D eigenvalue weighted by atomic mass is 10.3. The lowest BCUT2D eigenvalue weighted by Crippen LogP contribution is -2.44. The van der Waals surface area contributed by atoms with Crippen molar-refractivity contribution in [3.8, 4) is 0 Å². The predicted molar refractivity (Wildman–Crippen MR) is 56.9 cm³/mol. The Bertz CT molecular complexity index is 111. The van der Waals surface area contributed by atoms with E-state index in [1.165, 1.54) is 44.9 Å². The van der Waals surface area contributed by atoms with E-state index < -0.39 is 0 Å². The molecule has 0 bridgehead atoms. The molecule has 0 aromatic rings. The van der Waals surface area contributed by atoms with Crippen LogP contribution in [0.2, 0.25) is 0 Å². The van der Waals surface area contributed by atoms with Crippen molar-refractivity contribution < 1.29 is 0 Å². The molecule has 0 amide bonds. The molecule has 0 atom stereocenters. The standard InChI is InChI=1S/C9H20N2S/c1-10-5-7-11(8-6-10)4-3-9-12-2/h3-9H2,1-2H3. The highest BCUT2D eigenvalue weighted by atomic mass is 32.2. The first kappa shape index (κ1) is 10.4. The van der Waals surface area contributed by atoms with Crippen LogP contribution in [0, 0.1) is 0 Å². The molecule has 0 N–H and O–H groups in total. The molecule has 0 aromatic carbocycles. The fourth-order valence-electron chi connectivity index (χ4n) is 1.50. The van der Waals surface area contributed by atoms with Gasteiger partial charge < -0.3 is 9.80 Å². The molecule has 3 heteroatoms. The second kappa shape index (κ2) is 5.84. The molecule has 12 heavy (non-hydrogen) atoms. The van der Waals surface area contributed by atoms with E-state index in [2.05, 4.69) is 23.1 Å². The average molecular weight is 188 g/mol. The maximum absolute atomic E-state index is 2.58. The van der Waals surface area contributed by atoms with Crippen molar-refractivity contribution >= 4 is 11.8 Å². The first-order valence-corrected chi connectivity index (χ1v) is 6.12. The smallest absolute Gasteiger partial charge is 0.0110 e. The average Bonchev–Trinajstić information content (AvgIpc) is 2.09. The number of thioether (sulfide) groups is 1. The Kier molecular flexibility index (Phi) is 5.04. The summed E-state index contributed by atoms with van der Waals surface area (Å²) in [5.41, 5.74) is 0. The summed E-state index contributed by atoms with van der Waals surface area (Å²) in [6.45, 7) is 6.34. The summed E-state index contributed by atoms with van der Waals surface area (Å²) in [5, 5.41) is 0. The number of rotatable bonds is 4. The minimum atomic E-state index is 1.25. The van der Waals surface area contributed by atoms with Gasteiger partial charge in [0, 0.05) is 26.2 Å². The SMILES string of the molecule is CSCCCN1CCN(C)CC1. The Morgan fingerprint density at radius 2 is 1.83 bits per heavy atom. The normalized spacial score (nSPS) is 21.5. The number of hydrogen-bond donors (Lipinski definition) is 0. The zero-order valence-electron chi connectivity index (χ0n) is 8.25. The fraction of sp³-hybridized carbons (Fsp3) is 1.00. The monoisotopic (exact) mass is 188 g/mol. The van der Waals surface area contributed by atoms with E-state index in [0.717, 1.165) is 0 Å². The first-order chi connectivity index (χ1) is 5.83. The van der Waals surface area contributed by atoms with Crippen LogP contribution in [0.3, 0.4) is 0 Å². The van der Waals surface area contributed by atoms with Crippen LogP contribution >= 0.6 is 11.8 Å². The Hall–Kier alpha value is 0.270. The van der Waals surface area contributed by atoms with Crippen molar-refractivity contribution in [1.29, 1.82) is 0 Å². The summed E-state index contributed by atoms with van der Waals surface area (Å²) in [5.74, 6) is 1.31.